The summed E-state index contributed by atoms with van der Waals surface area (Å²) >= 11 is 0. The molecule has 0 aliphatic heterocycles. The number of nitrogens with zero attached hydrogens (tertiary/aromatic N) is 3. The number of hydrogen-bond acceptors (Lipinski definition) is 1. The number of amidine groups is 2. The first-order chi connectivity index (χ1) is 42.5. The maximum absolute atomic E-state index is 9.76. The highest BCUT2D eigenvalue weighted by molar-refractivity contribution is 6.26. The first kappa shape index (κ1) is 54.6. The van der Waals surface area contributed by atoms with Gasteiger partial charge in [-0.15, -0.1) is 0 Å². The van der Waals surface area contributed by atoms with Crippen molar-refractivity contribution in [3.05, 3.63) is 344 Å². The molecule has 0 amide bonds. The highest BCUT2D eigenvalue weighted by Crippen LogP contribution is 2.53. The van der Waals surface area contributed by atoms with Crippen LogP contribution >= 0.6 is 0 Å². The van der Waals surface area contributed by atoms with Crippen molar-refractivity contribution in [3.8, 4) is 66.8 Å². The molecule has 1 unspecified atom stereocenters. The molecule has 414 valence electrons. The predicted molar refractivity (Wildman–Crippen MR) is 364 cm³/mol. The van der Waals surface area contributed by atoms with Crippen LogP contribution in [0.15, 0.2) is 327 Å². The Kier molecular flexibility index (Phi) is 15.6. The van der Waals surface area contributed by atoms with Gasteiger partial charge in [0.05, 0.1) is 16.6 Å². The van der Waals surface area contributed by atoms with E-state index in [1.54, 1.807) is 0 Å². The lowest BCUT2D eigenvalue weighted by atomic mass is 9.77. The Balaban J connectivity index is 1.24. The molecule has 0 radical (unpaired) electrons. The average Bonchev–Trinajstić information content (AvgIpc) is 1.52. The first-order valence-corrected chi connectivity index (χ1v) is 29.8. The third-order valence-electron chi connectivity index (χ3n) is 16.7. The van der Waals surface area contributed by atoms with Crippen LogP contribution in [0.3, 0.4) is 0 Å². The molecule has 86 heavy (non-hydrogen) atoms. The van der Waals surface area contributed by atoms with Crippen LogP contribution in [0.5, 0.6) is 0 Å². The Morgan fingerprint density at radius 3 is 1.13 bits per heavy atom. The lowest BCUT2D eigenvalue weighted by Crippen LogP contribution is -2.49. The van der Waals surface area contributed by atoms with Crippen molar-refractivity contribution in [1.82, 2.24) is 9.47 Å². The molecule has 4 nitrogen and oxygen atoms in total. The quantitative estimate of drug-likeness (QED) is 0.0760. The van der Waals surface area contributed by atoms with Crippen LogP contribution in [0, 0.1) is 5.41 Å². The van der Waals surface area contributed by atoms with Crippen LogP contribution in [-0.4, -0.2) is 34.7 Å². The van der Waals surface area contributed by atoms with Gasteiger partial charge in [0.25, 0.3) is 0 Å². The van der Waals surface area contributed by atoms with E-state index in [1.165, 1.54) is 33.0 Å². The fraction of sp³-hybridized carbons (Fsp3) is 0.0732. The topological polar surface area (TPSA) is 44.4 Å². The average molecular weight is 1110 g/mol. The summed E-state index contributed by atoms with van der Waals surface area (Å²) in [6.45, 7) is 2.69. The molecule has 0 saturated heterocycles. The normalized spacial score (nSPS) is 12.5. The smallest absolute Gasteiger partial charge is 0.154 e. The standard InChI is InChI=1S/C82H66N4/c1-3-28-75(68-51-49-63(50-52-68)61-31-14-5-15-32-61)82(57-59-45-47-62(48-46-59)60-29-12-4-13-30-60,58-85(2)81(70-43-26-11-27-44-70)84-80(83)69-41-24-10-25-42-69)86-78-73(66-37-20-8-21-38-66)55-53-71(64-33-16-6-17-34-64)76(78)77-72(65-35-18-7-19-36-65)54-56-74(79(77)86)67-39-22-9-23-40-67/h4-56,83H,3,57-58H2,1-2H3. The monoisotopic (exact) mass is 1110 g/mol. The molecule has 1 aromatic heterocycles. The minimum atomic E-state index is -0.991. The number of nitrogens with one attached hydrogen (secondary N) is 1. The highest BCUT2D eigenvalue weighted by atomic mass is 15.2. The van der Waals surface area contributed by atoms with Crippen molar-refractivity contribution < 1.29 is 0 Å². The van der Waals surface area contributed by atoms with Gasteiger partial charge in [-0.3, -0.25) is 5.41 Å². The van der Waals surface area contributed by atoms with Gasteiger partial charge in [-0.05, 0) is 78.8 Å². The SMILES string of the molecule is CCC=C(c1ccc(-c2ccccc2)cc1)C(Cc1ccc(-c2ccccc2)cc1)(CN(C)C(=NC(=N)c1ccccc1)c1ccccc1)n1c2c(-c3ccccc3)ccc(-c3ccccc3)c2c2c(-c3ccccc3)ccc(-c3ccccc3)c21. The van der Waals surface area contributed by atoms with Gasteiger partial charge in [-0.25, -0.2) is 4.99 Å². The van der Waals surface area contributed by atoms with E-state index in [2.05, 4.69) is 315 Å². The van der Waals surface area contributed by atoms with Gasteiger partial charge in [0.2, 0.25) is 0 Å². The lowest BCUT2D eigenvalue weighted by Gasteiger charge is -2.44. The third kappa shape index (κ3) is 10.8. The van der Waals surface area contributed by atoms with Crippen molar-refractivity contribution in [1.29, 1.82) is 5.41 Å². The van der Waals surface area contributed by atoms with Gasteiger partial charge in [-0.2, -0.15) is 0 Å². The second kappa shape index (κ2) is 24.6. The molecule has 0 fully saturated rings. The highest BCUT2D eigenvalue weighted by Gasteiger charge is 2.43. The van der Waals surface area contributed by atoms with E-state index in [0.29, 0.717) is 18.8 Å². The minimum Gasteiger partial charge on any atom is -0.356 e. The van der Waals surface area contributed by atoms with E-state index < -0.39 is 5.54 Å². The van der Waals surface area contributed by atoms with Crippen LogP contribution in [0.1, 0.15) is 35.6 Å². The zero-order valence-corrected chi connectivity index (χ0v) is 48.6. The summed E-state index contributed by atoms with van der Waals surface area (Å²) in [6.07, 6.45) is 3.81. The second-order valence-electron chi connectivity index (χ2n) is 22.2. The van der Waals surface area contributed by atoms with Gasteiger partial charge in [0.1, 0.15) is 5.84 Å². The van der Waals surface area contributed by atoms with E-state index in [-0.39, 0.29) is 5.84 Å². The number of benzene rings is 12. The van der Waals surface area contributed by atoms with Crippen LogP contribution in [0.25, 0.3) is 94.1 Å². The Hall–Kier alpha value is -10.7. The number of hydrogen-bond donors (Lipinski definition) is 1. The van der Waals surface area contributed by atoms with Crippen molar-refractivity contribution in [3.63, 3.8) is 0 Å². The predicted octanol–water partition coefficient (Wildman–Crippen LogP) is 20.6. The summed E-state index contributed by atoms with van der Waals surface area (Å²) in [6, 6.07) is 114. The fourth-order valence-electron chi connectivity index (χ4n) is 12.8. The Bertz CT molecular complexity index is 4360. The molecule has 4 heteroatoms. The molecular formula is C82H66N4. The molecule has 0 aliphatic carbocycles. The lowest BCUT2D eigenvalue weighted by molar-refractivity contribution is 0.311. The van der Waals surface area contributed by atoms with E-state index in [9.17, 15) is 5.41 Å². The van der Waals surface area contributed by atoms with Crippen LogP contribution in [0.2, 0.25) is 0 Å². The molecule has 12 aromatic carbocycles. The number of fused-ring (bicyclic) bond motifs is 3. The van der Waals surface area contributed by atoms with Crippen molar-refractivity contribution in [2.75, 3.05) is 13.6 Å². The minimum absolute atomic E-state index is 0.189. The molecule has 1 atom stereocenters. The summed E-state index contributed by atoms with van der Waals surface area (Å²) in [5, 5.41) is 12.1. The summed E-state index contributed by atoms with van der Waals surface area (Å²) in [4.78, 5) is 7.76. The number of aliphatic imine (C=N–C) groups is 1. The molecule has 0 bridgehead atoms. The second-order valence-corrected chi connectivity index (χ2v) is 22.2. The fourth-order valence-corrected chi connectivity index (χ4v) is 12.8. The molecule has 0 saturated carbocycles. The van der Waals surface area contributed by atoms with Crippen molar-refractivity contribution in [2.24, 2.45) is 4.99 Å². The zero-order valence-electron chi connectivity index (χ0n) is 48.6. The van der Waals surface area contributed by atoms with E-state index in [1.807, 2.05) is 30.3 Å². The summed E-state index contributed by atoms with van der Waals surface area (Å²) in [5.74, 6) is 0.884. The van der Waals surface area contributed by atoms with Gasteiger partial charge in [-0.1, -0.05) is 328 Å². The molecule has 13 rings (SSSR count). The molecule has 1 heterocycles. The Morgan fingerprint density at radius 2 is 0.721 bits per heavy atom. The van der Waals surface area contributed by atoms with Crippen LogP contribution < -0.4 is 0 Å². The van der Waals surface area contributed by atoms with Gasteiger partial charge < -0.3 is 9.47 Å². The van der Waals surface area contributed by atoms with Crippen LogP contribution in [0.4, 0.5) is 0 Å². The summed E-state index contributed by atoms with van der Waals surface area (Å²) in [7, 11) is 2.19. The Labute approximate surface area is 505 Å². The molecule has 13 aromatic rings. The zero-order chi connectivity index (χ0) is 58.2. The third-order valence-corrected chi connectivity index (χ3v) is 16.7. The van der Waals surface area contributed by atoms with E-state index in [0.717, 1.165) is 89.8 Å². The van der Waals surface area contributed by atoms with E-state index >= 15 is 0 Å². The van der Waals surface area contributed by atoms with Crippen molar-refractivity contribution in [2.45, 2.75) is 25.3 Å². The molecule has 1 N–H and O–H groups in total. The van der Waals surface area contributed by atoms with E-state index in [4.69, 9.17) is 4.99 Å². The number of likely N-dealkylation sites (N-methyl/N-ethyl adjacent to an activating group) is 1. The van der Waals surface area contributed by atoms with Gasteiger partial charge >= 0.3 is 0 Å². The largest absolute Gasteiger partial charge is 0.356 e. The maximum atomic E-state index is 9.76. The van der Waals surface area contributed by atoms with Gasteiger partial charge in [0, 0.05) is 53.0 Å². The number of allylic oxidation sites excluding steroid dienone is 1. The molecular weight excluding hydrogens is 1040 g/mol. The molecule has 0 aliphatic rings. The maximum Gasteiger partial charge on any atom is 0.154 e. The molecule has 0 spiro atoms. The number of rotatable bonds is 16. The van der Waals surface area contributed by atoms with Crippen molar-refractivity contribution >= 4 is 39.1 Å². The van der Waals surface area contributed by atoms with Crippen LogP contribution in [-0.2, 0) is 12.0 Å². The Morgan fingerprint density at radius 1 is 0.384 bits per heavy atom. The number of aromatic nitrogens is 1. The first-order valence-electron chi connectivity index (χ1n) is 29.8. The van der Waals surface area contributed by atoms with Gasteiger partial charge in [0.15, 0.2) is 5.84 Å². The summed E-state index contributed by atoms with van der Waals surface area (Å²) < 4.78 is 2.81. The summed E-state index contributed by atoms with van der Waals surface area (Å²) in [5.41, 5.74) is 20.1.